The molecule has 0 spiro atoms. The number of rotatable bonds is 5. The zero-order valence-electron chi connectivity index (χ0n) is 11.9. The minimum atomic E-state index is -0.612. The lowest BCUT2D eigenvalue weighted by Crippen LogP contribution is -2.38. The van der Waals surface area contributed by atoms with Crippen molar-refractivity contribution in [3.8, 4) is 0 Å². The Morgan fingerprint density at radius 1 is 1.32 bits per heavy atom. The monoisotopic (exact) mass is 305 g/mol. The van der Waals surface area contributed by atoms with Crippen LogP contribution >= 0.6 is 0 Å². The van der Waals surface area contributed by atoms with Crippen LogP contribution in [0.15, 0.2) is 24.3 Å². The number of nitrogens with one attached hydrogen (secondary N) is 2. The molecule has 116 valence electrons. The molecular weight excluding hydrogens is 290 g/mol. The van der Waals surface area contributed by atoms with E-state index >= 15 is 0 Å². The number of anilines is 1. The Morgan fingerprint density at radius 2 is 2.05 bits per heavy atom. The maximum Gasteiger partial charge on any atom is 0.340 e. The second kappa shape index (κ2) is 6.70. The smallest absolute Gasteiger partial charge is 0.340 e. The van der Waals surface area contributed by atoms with E-state index in [9.17, 15) is 19.2 Å². The van der Waals surface area contributed by atoms with Gasteiger partial charge in [-0.2, -0.15) is 0 Å². The molecular formula is C14H15N3O5. The molecule has 1 saturated heterocycles. The number of ether oxygens (including phenoxy) is 1. The zero-order chi connectivity index (χ0) is 16.1. The molecule has 0 aromatic heterocycles. The Bertz CT molecular complexity index is 613. The molecule has 2 rings (SSSR count). The average molecular weight is 305 g/mol. The van der Waals surface area contributed by atoms with Gasteiger partial charge < -0.3 is 15.4 Å². The van der Waals surface area contributed by atoms with Crippen LogP contribution in [0.2, 0.25) is 0 Å². The summed E-state index contributed by atoms with van der Waals surface area (Å²) in [6, 6.07) is 5.72. The third-order valence-corrected chi connectivity index (χ3v) is 2.94. The number of carbonyl (C=O) groups excluding carboxylic acids is 4. The van der Waals surface area contributed by atoms with Crippen molar-refractivity contribution in [2.75, 3.05) is 25.0 Å². The number of hydrogen-bond donors (Lipinski definition) is 2. The van der Waals surface area contributed by atoms with Gasteiger partial charge in [-0.25, -0.2) is 9.59 Å². The fourth-order valence-electron chi connectivity index (χ4n) is 1.93. The molecule has 1 heterocycles. The summed E-state index contributed by atoms with van der Waals surface area (Å²) in [4.78, 5) is 47.4. The topological polar surface area (TPSA) is 105 Å². The quantitative estimate of drug-likeness (QED) is 0.603. The van der Waals surface area contributed by atoms with Crippen molar-refractivity contribution in [3.63, 3.8) is 0 Å². The molecule has 8 heteroatoms. The summed E-state index contributed by atoms with van der Waals surface area (Å²) in [6.07, 6.45) is 0. The molecule has 0 radical (unpaired) electrons. The van der Waals surface area contributed by atoms with E-state index in [4.69, 9.17) is 4.74 Å². The van der Waals surface area contributed by atoms with Crippen LogP contribution in [-0.4, -0.2) is 48.4 Å². The Kier molecular flexibility index (Phi) is 4.72. The van der Waals surface area contributed by atoms with Crippen LogP contribution in [0.5, 0.6) is 0 Å². The van der Waals surface area contributed by atoms with Gasteiger partial charge in [-0.3, -0.25) is 14.5 Å². The summed E-state index contributed by atoms with van der Waals surface area (Å²) in [6.45, 7) is 1.35. The normalized spacial score (nSPS) is 13.8. The molecule has 0 unspecified atom stereocenters. The second-order valence-corrected chi connectivity index (χ2v) is 4.45. The lowest BCUT2D eigenvalue weighted by Gasteiger charge is -2.14. The Balaban J connectivity index is 2.07. The second-order valence-electron chi connectivity index (χ2n) is 4.45. The molecule has 1 aromatic carbocycles. The van der Waals surface area contributed by atoms with Crippen LogP contribution in [0, 0.1) is 0 Å². The zero-order valence-corrected chi connectivity index (χ0v) is 11.9. The Morgan fingerprint density at radius 3 is 2.68 bits per heavy atom. The van der Waals surface area contributed by atoms with Crippen LogP contribution in [0.4, 0.5) is 10.5 Å². The van der Waals surface area contributed by atoms with Gasteiger partial charge in [0.25, 0.3) is 5.91 Å². The van der Waals surface area contributed by atoms with Gasteiger partial charge in [-0.15, -0.1) is 0 Å². The molecule has 0 saturated carbocycles. The van der Waals surface area contributed by atoms with E-state index in [0.717, 1.165) is 4.90 Å². The van der Waals surface area contributed by atoms with Crippen LogP contribution < -0.4 is 10.6 Å². The average Bonchev–Trinajstić information content (AvgIpc) is 2.80. The van der Waals surface area contributed by atoms with Crippen molar-refractivity contribution in [1.82, 2.24) is 10.2 Å². The van der Waals surface area contributed by atoms with E-state index in [1.165, 1.54) is 12.1 Å². The SMILES string of the molecule is CCOC(=O)c1ccccc1NC(=O)CN1C(=O)CNC1=O. The largest absolute Gasteiger partial charge is 0.462 e. The number of imide groups is 1. The molecule has 1 fully saturated rings. The number of para-hydroxylation sites is 1. The van der Waals surface area contributed by atoms with Gasteiger partial charge >= 0.3 is 12.0 Å². The van der Waals surface area contributed by atoms with Gasteiger partial charge in [0.15, 0.2) is 0 Å². The molecule has 4 amide bonds. The van der Waals surface area contributed by atoms with Crippen molar-refractivity contribution >= 4 is 29.5 Å². The Hall–Kier alpha value is -2.90. The highest BCUT2D eigenvalue weighted by atomic mass is 16.5. The molecule has 0 bridgehead atoms. The fourth-order valence-corrected chi connectivity index (χ4v) is 1.93. The maximum absolute atomic E-state index is 12.0. The van der Waals surface area contributed by atoms with E-state index in [2.05, 4.69) is 10.6 Å². The van der Waals surface area contributed by atoms with E-state index in [-0.39, 0.29) is 24.4 Å². The number of carbonyl (C=O) groups is 4. The number of amides is 4. The van der Waals surface area contributed by atoms with Gasteiger partial charge in [0.05, 0.1) is 24.4 Å². The number of nitrogens with zero attached hydrogens (tertiary/aromatic N) is 1. The highest BCUT2D eigenvalue weighted by Crippen LogP contribution is 2.16. The molecule has 1 aromatic rings. The summed E-state index contributed by atoms with van der Waals surface area (Å²) in [5.41, 5.74) is 0.466. The third-order valence-electron chi connectivity index (χ3n) is 2.94. The van der Waals surface area contributed by atoms with Gasteiger partial charge in [0, 0.05) is 0 Å². The molecule has 22 heavy (non-hydrogen) atoms. The molecule has 0 atom stereocenters. The van der Waals surface area contributed by atoms with Gasteiger partial charge in [0.2, 0.25) is 5.91 Å². The van der Waals surface area contributed by atoms with Crippen LogP contribution in [-0.2, 0) is 14.3 Å². The van der Waals surface area contributed by atoms with E-state index < -0.39 is 30.4 Å². The summed E-state index contributed by atoms with van der Waals surface area (Å²) >= 11 is 0. The molecule has 2 N–H and O–H groups in total. The van der Waals surface area contributed by atoms with Crippen LogP contribution in [0.3, 0.4) is 0 Å². The molecule has 1 aliphatic rings. The first-order chi connectivity index (χ1) is 10.5. The summed E-state index contributed by atoms with van der Waals surface area (Å²) in [5, 5.41) is 4.82. The first kappa shape index (κ1) is 15.5. The number of urea groups is 1. The third kappa shape index (κ3) is 3.40. The fraction of sp³-hybridized carbons (Fsp3) is 0.286. The standard InChI is InChI=1S/C14H15N3O5/c1-2-22-13(20)9-5-3-4-6-10(9)16-11(18)8-17-12(19)7-15-14(17)21/h3-6H,2,7-8H2,1H3,(H,15,21)(H,16,18). The first-order valence-electron chi connectivity index (χ1n) is 6.67. The highest BCUT2D eigenvalue weighted by molar-refractivity contribution is 6.07. The molecule has 0 aliphatic carbocycles. The number of hydrogen-bond acceptors (Lipinski definition) is 5. The minimum absolute atomic E-state index is 0.120. The van der Waals surface area contributed by atoms with Crippen molar-refractivity contribution in [3.05, 3.63) is 29.8 Å². The van der Waals surface area contributed by atoms with Crippen molar-refractivity contribution < 1.29 is 23.9 Å². The maximum atomic E-state index is 12.0. The highest BCUT2D eigenvalue weighted by Gasteiger charge is 2.30. The van der Waals surface area contributed by atoms with Gasteiger partial charge in [-0.1, -0.05) is 12.1 Å². The van der Waals surface area contributed by atoms with Crippen LogP contribution in [0.25, 0.3) is 0 Å². The van der Waals surface area contributed by atoms with Crippen LogP contribution in [0.1, 0.15) is 17.3 Å². The molecule has 1 aliphatic heterocycles. The number of esters is 1. The Labute approximate surface area is 126 Å². The van der Waals surface area contributed by atoms with Gasteiger partial charge in [-0.05, 0) is 19.1 Å². The van der Waals surface area contributed by atoms with Gasteiger partial charge in [0.1, 0.15) is 6.54 Å². The van der Waals surface area contributed by atoms with E-state index in [1.807, 2.05) is 0 Å². The lowest BCUT2D eigenvalue weighted by molar-refractivity contribution is -0.128. The summed E-state index contributed by atoms with van der Waals surface area (Å²) in [7, 11) is 0. The van der Waals surface area contributed by atoms with E-state index in [0.29, 0.717) is 0 Å². The predicted molar refractivity (Wildman–Crippen MR) is 76.1 cm³/mol. The first-order valence-corrected chi connectivity index (χ1v) is 6.67. The summed E-state index contributed by atoms with van der Waals surface area (Å²) in [5.74, 6) is -1.62. The van der Waals surface area contributed by atoms with E-state index in [1.54, 1.807) is 19.1 Å². The predicted octanol–water partition coefficient (Wildman–Crippen LogP) is 0.354. The number of benzene rings is 1. The van der Waals surface area contributed by atoms with Crippen molar-refractivity contribution in [1.29, 1.82) is 0 Å². The molecule has 8 nitrogen and oxygen atoms in total. The van der Waals surface area contributed by atoms with Crippen molar-refractivity contribution in [2.24, 2.45) is 0 Å². The minimum Gasteiger partial charge on any atom is -0.462 e. The summed E-state index contributed by atoms with van der Waals surface area (Å²) < 4.78 is 4.90. The lowest BCUT2D eigenvalue weighted by atomic mass is 10.2. The van der Waals surface area contributed by atoms with Crippen molar-refractivity contribution in [2.45, 2.75) is 6.92 Å².